The van der Waals surface area contributed by atoms with Gasteiger partial charge in [0.15, 0.2) is 11.3 Å². The molecule has 3 N–H and O–H groups in total. The van der Waals surface area contributed by atoms with E-state index < -0.39 is 11.9 Å². The Kier molecular flexibility index (Phi) is 1.86. The van der Waals surface area contributed by atoms with Gasteiger partial charge in [-0.1, -0.05) is 0 Å². The summed E-state index contributed by atoms with van der Waals surface area (Å²) >= 11 is 0. The van der Waals surface area contributed by atoms with Gasteiger partial charge in [-0.2, -0.15) is 5.10 Å². The minimum absolute atomic E-state index is 0.0764. The summed E-state index contributed by atoms with van der Waals surface area (Å²) in [6, 6.07) is 1.28. The number of carbonyl (C=O) groups is 2. The SMILES string of the molecule is NC(=O)c1cnn2c(C(=O)O)ccnc12. The molecule has 2 aromatic rings. The van der Waals surface area contributed by atoms with Crippen molar-refractivity contribution in [2.45, 2.75) is 0 Å². The molecule has 76 valence electrons. The Hall–Kier alpha value is -2.44. The molecule has 0 aliphatic carbocycles. The van der Waals surface area contributed by atoms with E-state index in [9.17, 15) is 9.59 Å². The normalized spacial score (nSPS) is 10.4. The molecule has 0 radical (unpaired) electrons. The first kappa shape index (κ1) is 9.13. The second-order valence-electron chi connectivity index (χ2n) is 2.79. The average Bonchev–Trinajstić information content (AvgIpc) is 2.59. The van der Waals surface area contributed by atoms with Gasteiger partial charge in [-0.15, -0.1) is 0 Å². The number of hydrogen-bond donors (Lipinski definition) is 2. The van der Waals surface area contributed by atoms with E-state index in [-0.39, 0.29) is 16.9 Å². The molecule has 0 saturated heterocycles. The number of fused-ring (bicyclic) bond motifs is 1. The van der Waals surface area contributed by atoms with Crippen molar-refractivity contribution in [3.05, 3.63) is 29.7 Å². The van der Waals surface area contributed by atoms with Gasteiger partial charge >= 0.3 is 5.97 Å². The molecule has 0 bridgehead atoms. The number of primary amides is 1. The number of hydrogen-bond acceptors (Lipinski definition) is 4. The van der Waals surface area contributed by atoms with Gasteiger partial charge < -0.3 is 10.8 Å². The minimum Gasteiger partial charge on any atom is -0.477 e. The lowest BCUT2D eigenvalue weighted by Gasteiger charge is -1.98. The van der Waals surface area contributed by atoms with Crippen LogP contribution in [0.15, 0.2) is 18.5 Å². The van der Waals surface area contributed by atoms with Crippen LogP contribution in [0.1, 0.15) is 20.8 Å². The van der Waals surface area contributed by atoms with Crippen LogP contribution in [0.2, 0.25) is 0 Å². The number of carboxylic acid groups (broad SMARTS) is 1. The second-order valence-corrected chi connectivity index (χ2v) is 2.79. The van der Waals surface area contributed by atoms with E-state index in [0.717, 1.165) is 4.52 Å². The fraction of sp³-hybridized carbons (Fsp3) is 0. The first-order valence-corrected chi connectivity index (χ1v) is 3.97. The molecule has 0 aliphatic heterocycles. The summed E-state index contributed by atoms with van der Waals surface area (Å²) in [5, 5.41) is 12.6. The number of nitrogens with two attached hydrogens (primary N) is 1. The second kappa shape index (κ2) is 3.05. The topological polar surface area (TPSA) is 111 Å². The molecule has 2 heterocycles. The molecular weight excluding hydrogens is 200 g/mol. The zero-order valence-corrected chi connectivity index (χ0v) is 7.41. The molecular formula is C8H6N4O3. The maximum Gasteiger partial charge on any atom is 0.354 e. The van der Waals surface area contributed by atoms with Gasteiger partial charge in [0, 0.05) is 6.20 Å². The molecule has 0 aromatic carbocycles. The van der Waals surface area contributed by atoms with Crippen molar-refractivity contribution in [1.29, 1.82) is 0 Å². The third-order valence-electron chi connectivity index (χ3n) is 1.89. The quantitative estimate of drug-likeness (QED) is 0.689. The number of amides is 1. The summed E-state index contributed by atoms with van der Waals surface area (Å²) in [5.41, 5.74) is 5.23. The molecule has 7 nitrogen and oxygen atoms in total. The number of carbonyl (C=O) groups excluding carboxylic acids is 1. The van der Waals surface area contributed by atoms with Crippen LogP contribution in [-0.4, -0.2) is 31.6 Å². The summed E-state index contributed by atoms with van der Waals surface area (Å²) < 4.78 is 1.06. The van der Waals surface area contributed by atoms with E-state index in [1.807, 2.05) is 0 Å². The van der Waals surface area contributed by atoms with Crippen LogP contribution in [0, 0.1) is 0 Å². The van der Waals surface area contributed by atoms with Gasteiger partial charge in [0.25, 0.3) is 5.91 Å². The lowest BCUT2D eigenvalue weighted by atomic mass is 10.3. The highest BCUT2D eigenvalue weighted by atomic mass is 16.4. The zero-order chi connectivity index (χ0) is 11.0. The Morgan fingerprint density at radius 2 is 2.20 bits per heavy atom. The standard InChI is InChI=1S/C8H6N4O3/c9-6(13)4-3-11-12-5(8(14)15)1-2-10-7(4)12/h1-3H,(H2,9,13)(H,14,15). The molecule has 0 fully saturated rings. The van der Waals surface area contributed by atoms with Gasteiger partial charge in [-0.3, -0.25) is 4.79 Å². The van der Waals surface area contributed by atoms with E-state index in [1.54, 1.807) is 0 Å². The van der Waals surface area contributed by atoms with Crippen molar-refractivity contribution in [3.8, 4) is 0 Å². The number of aromatic carboxylic acids is 1. The smallest absolute Gasteiger partial charge is 0.354 e. The van der Waals surface area contributed by atoms with Gasteiger partial charge in [0.2, 0.25) is 0 Å². The van der Waals surface area contributed by atoms with Crippen LogP contribution in [0.4, 0.5) is 0 Å². The van der Waals surface area contributed by atoms with Crippen molar-refractivity contribution >= 4 is 17.5 Å². The van der Waals surface area contributed by atoms with Crippen molar-refractivity contribution in [1.82, 2.24) is 14.6 Å². The number of rotatable bonds is 2. The van der Waals surface area contributed by atoms with Gasteiger partial charge in [0.1, 0.15) is 5.56 Å². The maximum atomic E-state index is 10.9. The predicted octanol–water partition coefficient (Wildman–Crippen LogP) is -0.474. The first-order valence-electron chi connectivity index (χ1n) is 3.97. The molecule has 0 saturated carbocycles. The highest BCUT2D eigenvalue weighted by Crippen LogP contribution is 2.09. The molecule has 1 amide bonds. The predicted molar refractivity (Wildman–Crippen MR) is 48.5 cm³/mol. The summed E-state index contributed by atoms with van der Waals surface area (Å²) in [6.07, 6.45) is 2.48. The molecule has 15 heavy (non-hydrogen) atoms. The highest BCUT2D eigenvalue weighted by Gasteiger charge is 2.15. The van der Waals surface area contributed by atoms with Crippen molar-refractivity contribution in [2.24, 2.45) is 5.73 Å². The summed E-state index contributed by atoms with van der Waals surface area (Å²) in [7, 11) is 0. The van der Waals surface area contributed by atoms with E-state index >= 15 is 0 Å². The molecule has 0 unspecified atom stereocenters. The largest absolute Gasteiger partial charge is 0.477 e. The molecule has 2 rings (SSSR count). The number of nitrogens with zero attached hydrogens (tertiary/aromatic N) is 3. The third-order valence-corrected chi connectivity index (χ3v) is 1.89. The van der Waals surface area contributed by atoms with Crippen LogP contribution < -0.4 is 5.73 Å². The Morgan fingerprint density at radius 1 is 1.47 bits per heavy atom. The van der Waals surface area contributed by atoms with Crippen molar-refractivity contribution in [3.63, 3.8) is 0 Å². The van der Waals surface area contributed by atoms with Crippen LogP contribution in [0.5, 0.6) is 0 Å². The van der Waals surface area contributed by atoms with E-state index in [1.165, 1.54) is 18.5 Å². The Balaban J connectivity index is 2.80. The average molecular weight is 206 g/mol. The van der Waals surface area contributed by atoms with Crippen molar-refractivity contribution < 1.29 is 14.7 Å². The molecule has 0 atom stereocenters. The van der Waals surface area contributed by atoms with Crippen LogP contribution >= 0.6 is 0 Å². The van der Waals surface area contributed by atoms with Gasteiger partial charge in [-0.25, -0.2) is 14.3 Å². The Labute approximate surface area is 83.1 Å². The number of aromatic nitrogens is 3. The monoisotopic (exact) mass is 206 g/mol. The van der Waals surface area contributed by atoms with Crippen LogP contribution in [0.3, 0.4) is 0 Å². The van der Waals surface area contributed by atoms with Gasteiger partial charge in [0.05, 0.1) is 6.20 Å². The molecule has 0 aliphatic rings. The summed E-state index contributed by atoms with van der Waals surface area (Å²) in [5.74, 6) is -1.85. The van der Waals surface area contributed by atoms with Gasteiger partial charge in [-0.05, 0) is 6.07 Å². The van der Waals surface area contributed by atoms with Crippen molar-refractivity contribution in [2.75, 3.05) is 0 Å². The fourth-order valence-electron chi connectivity index (χ4n) is 1.23. The lowest BCUT2D eigenvalue weighted by molar-refractivity contribution is 0.0687. The third kappa shape index (κ3) is 1.30. The number of carboxylic acids is 1. The minimum atomic E-state index is -1.15. The summed E-state index contributed by atoms with van der Waals surface area (Å²) in [4.78, 5) is 25.6. The zero-order valence-electron chi connectivity index (χ0n) is 7.41. The Bertz CT molecular complexity index is 560. The summed E-state index contributed by atoms with van der Waals surface area (Å²) in [6.45, 7) is 0. The molecule has 0 spiro atoms. The van der Waals surface area contributed by atoms with E-state index in [4.69, 9.17) is 10.8 Å². The van der Waals surface area contributed by atoms with Crippen LogP contribution in [0.25, 0.3) is 5.65 Å². The van der Waals surface area contributed by atoms with E-state index in [0.29, 0.717) is 0 Å². The first-order chi connectivity index (χ1) is 7.11. The highest BCUT2D eigenvalue weighted by molar-refractivity contribution is 5.99. The van der Waals surface area contributed by atoms with Crippen LogP contribution in [-0.2, 0) is 0 Å². The molecule has 7 heteroatoms. The fourth-order valence-corrected chi connectivity index (χ4v) is 1.23. The Morgan fingerprint density at radius 3 is 2.80 bits per heavy atom. The lowest BCUT2D eigenvalue weighted by Crippen LogP contribution is -2.12. The molecule has 2 aromatic heterocycles. The van der Waals surface area contributed by atoms with E-state index in [2.05, 4.69) is 10.1 Å². The maximum absolute atomic E-state index is 10.9.